The Balaban J connectivity index is 2.68. The van der Waals surface area contributed by atoms with Gasteiger partial charge in [-0.3, -0.25) is 0 Å². The van der Waals surface area contributed by atoms with Crippen molar-refractivity contribution in [1.82, 2.24) is 5.32 Å². The number of halogens is 2. The van der Waals surface area contributed by atoms with Crippen LogP contribution in [-0.4, -0.2) is 25.3 Å². The molecule has 1 N–H and O–H groups in total. The highest BCUT2D eigenvalue weighted by molar-refractivity contribution is 6.31. The summed E-state index contributed by atoms with van der Waals surface area (Å²) >= 11 is 6.13. The molecule has 0 heterocycles. The first kappa shape index (κ1) is 18.4. The Morgan fingerprint density at radius 2 is 2.10 bits per heavy atom. The van der Waals surface area contributed by atoms with Crippen molar-refractivity contribution in [3.8, 4) is 0 Å². The Morgan fingerprint density at radius 1 is 1.38 bits per heavy atom. The quantitative estimate of drug-likeness (QED) is 0.719. The zero-order valence-corrected chi connectivity index (χ0v) is 14.3. The summed E-state index contributed by atoms with van der Waals surface area (Å²) in [6, 6.07) is 4.95. The van der Waals surface area contributed by atoms with Gasteiger partial charge in [-0.25, -0.2) is 4.39 Å². The molecule has 0 spiro atoms. The van der Waals surface area contributed by atoms with Crippen LogP contribution in [0.5, 0.6) is 0 Å². The number of ether oxygens (including phenoxy) is 1. The molecule has 1 atom stereocenters. The first-order valence-electron chi connectivity index (χ1n) is 7.60. The molecule has 21 heavy (non-hydrogen) atoms. The van der Waals surface area contributed by atoms with Crippen LogP contribution >= 0.6 is 11.6 Å². The lowest BCUT2D eigenvalue weighted by molar-refractivity contribution is 0.0117. The van der Waals surface area contributed by atoms with Crippen LogP contribution in [0.3, 0.4) is 0 Å². The molecule has 4 heteroatoms. The molecule has 2 nitrogen and oxygen atoms in total. The van der Waals surface area contributed by atoms with Gasteiger partial charge < -0.3 is 10.1 Å². The smallest absolute Gasteiger partial charge is 0.124 e. The van der Waals surface area contributed by atoms with Crippen LogP contribution < -0.4 is 5.32 Å². The molecule has 0 saturated heterocycles. The van der Waals surface area contributed by atoms with E-state index in [0.29, 0.717) is 11.1 Å². The van der Waals surface area contributed by atoms with E-state index < -0.39 is 0 Å². The molecule has 0 aliphatic heterocycles. The molecule has 0 aromatic heterocycles. The van der Waals surface area contributed by atoms with E-state index >= 15 is 0 Å². The van der Waals surface area contributed by atoms with Crippen LogP contribution in [0, 0.1) is 5.82 Å². The summed E-state index contributed by atoms with van der Waals surface area (Å²) in [5.74, 6) is -0.290. The zero-order valence-electron chi connectivity index (χ0n) is 13.5. The SMILES string of the molecule is CCCNC(CCC(C)(C)OC)Cc1ccc(F)cc1Cl. The lowest BCUT2D eigenvalue weighted by Crippen LogP contribution is -2.34. The molecule has 0 bridgehead atoms. The van der Waals surface area contributed by atoms with E-state index in [1.54, 1.807) is 13.2 Å². The number of hydrogen-bond donors (Lipinski definition) is 1. The van der Waals surface area contributed by atoms with E-state index in [0.717, 1.165) is 37.8 Å². The maximum Gasteiger partial charge on any atom is 0.124 e. The highest BCUT2D eigenvalue weighted by Crippen LogP contribution is 2.22. The number of nitrogens with one attached hydrogen (secondary N) is 1. The highest BCUT2D eigenvalue weighted by atomic mass is 35.5. The Morgan fingerprint density at radius 3 is 2.67 bits per heavy atom. The van der Waals surface area contributed by atoms with Gasteiger partial charge in [-0.2, -0.15) is 0 Å². The molecule has 1 rings (SSSR count). The Kier molecular flexibility index (Phi) is 7.64. The van der Waals surface area contributed by atoms with Gasteiger partial charge in [-0.05, 0) is 63.8 Å². The fourth-order valence-corrected chi connectivity index (χ4v) is 2.45. The largest absolute Gasteiger partial charge is 0.379 e. The second-order valence-corrected chi connectivity index (χ2v) is 6.50. The summed E-state index contributed by atoms with van der Waals surface area (Å²) in [7, 11) is 1.74. The Hall–Kier alpha value is -0.640. The highest BCUT2D eigenvalue weighted by Gasteiger charge is 2.20. The van der Waals surface area contributed by atoms with Crippen molar-refractivity contribution < 1.29 is 9.13 Å². The first-order chi connectivity index (χ1) is 9.88. The van der Waals surface area contributed by atoms with Gasteiger partial charge in [0.05, 0.1) is 5.60 Å². The van der Waals surface area contributed by atoms with E-state index in [1.807, 2.05) is 0 Å². The first-order valence-corrected chi connectivity index (χ1v) is 7.98. The zero-order chi connectivity index (χ0) is 15.9. The second kappa shape index (κ2) is 8.72. The molecule has 0 fully saturated rings. The van der Waals surface area contributed by atoms with Crippen LogP contribution in [0.2, 0.25) is 5.02 Å². The fourth-order valence-electron chi connectivity index (χ4n) is 2.20. The summed E-state index contributed by atoms with van der Waals surface area (Å²) in [6.07, 6.45) is 3.85. The van der Waals surface area contributed by atoms with Crippen molar-refractivity contribution in [3.63, 3.8) is 0 Å². The maximum absolute atomic E-state index is 13.1. The van der Waals surface area contributed by atoms with Crippen molar-refractivity contribution in [3.05, 3.63) is 34.6 Å². The van der Waals surface area contributed by atoms with Gasteiger partial charge in [0.15, 0.2) is 0 Å². The van der Waals surface area contributed by atoms with E-state index in [2.05, 4.69) is 26.1 Å². The average molecular weight is 316 g/mol. The lowest BCUT2D eigenvalue weighted by atomic mass is 9.95. The molecular weight excluding hydrogens is 289 g/mol. The van der Waals surface area contributed by atoms with E-state index in [4.69, 9.17) is 16.3 Å². The molecule has 0 saturated carbocycles. The van der Waals surface area contributed by atoms with Crippen LogP contribution in [0.25, 0.3) is 0 Å². The number of benzene rings is 1. The van der Waals surface area contributed by atoms with Crippen molar-refractivity contribution in [2.45, 2.75) is 58.1 Å². The van der Waals surface area contributed by atoms with Crippen molar-refractivity contribution >= 4 is 11.6 Å². The van der Waals surface area contributed by atoms with E-state index in [1.165, 1.54) is 12.1 Å². The maximum atomic E-state index is 13.1. The van der Waals surface area contributed by atoms with Crippen LogP contribution in [0.15, 0.2) is 18.2 Å². The minimum atomic E-state index is -0.290. The van der Waals surface area contributed by atoms with Crippen LogP contribution in [0.4, 0.5) is 4.39 Å². The van der Waals surface area contributed by atoms with E-state index in [-0.39, 0.29) is 11.4 Å². The Labute approximate surface area is 133 Å². The van der Waals surface area contributed by atoms with Gasteiger partial charge in [0.1, 0.15) is 5.82 Å². The number of methoxy groups -OCH3 is 1. The van der Waals surface area contributed by atoms with Crippen molar-refractivity contribution in [1.29, 1.82) is 0 Å². The topological polar surface area (TPSA) is 21.3 Å². The van der Waals surface area contributed by atoms with Crippen molar-refractivity contribution in [2.24, 2.45) is 0 Å². The molecule has 0 aliphatic rings. The summed E-state index contributed by atoms with van der Waals surface area (Å²) in [6.45, 7) is 7.30. The molecule has 0 radical (unpaired) electrons. The summed E-state index contributed by atoms with van der Waals surface area (Å²) in [4.78, 5) is 0. The van der Waals surface area contributed by atoms with E-state index in [9.17, 15) is 4.39 Å². The standard InChI is InChI=1S/C17H27ClFNO/c1-5-10-20-15(8-9-17(2,3)21-4)11-13-6-7-14(19)12-16(13)18/h6-7,12,15,20H,5,8-11H2,1-4H3. The van der Waals surface area contributed by atoms with Gasteiger partial charge in [0.25, 0.3) is 0 Å². The Bertz CT molecular complexity index is 437. The monoisotopic (exact) mass is 315 g/mol. The van der Waals surface area contributed by atoms with Gasteiger partial charge in [0, 0.05) is 18.2 Å². The lowest BCUT2D eigenvalue weighted by Gasteiger charge is -2.26. The third-order valence-electron chi connectivity index (χ3n) is 3.81. The molecular formula is C17H27ClFNO. The summed E-state index contributed by atoms with van der Waals surface area (Å²) in [5.41, 5.74) is 0.862. The summed E-state index contributed by atoms with van der Waals surface area (Å²) in [5, 5.41) is 4.05. The van der Waals surface area contributed by atoms with Gasteiger partial charge >= 0.3 is 0 Å². The van der Waals surface area contributed by atoms with Gasteiger partial charge in [-0.15, -0.1) is 0 Å². The number of rotatable bonds is 9. The van der Waals surface area contributed by atoms with Crippen molar-refractivity contribution in [2.75, 3.05) is 13.7 Å². The van der Waals surface area contributed by atoms with Gasteiger partial charge in [0.2, 0.25) is 0 Å². The molecule has 1 unspecified atom stereocenters. The molecule has 120 valence electrons. The molecule has 1 aromatic carbocycles. The average Bonchev–Trinajstić information content (AvgIpc) is 2.44. The minimum Gasteiger partial charge on any atom is -0.379 e. The third kappa shape index (κ3) is 6.77. The molecule has 0 amide bonds. The van der Waals surface area contributed by atoms with Gasteiger partial charge in [-0.1, -0.05) is 24.6 Å². The minimum absolute atomic E-state index is 0.126. The molecule has 0 aliphatic carbocycles. The number of hydrogen-bond acceptors (Lipinski definition) is 2. The van der Waals surface area contributed by atoms with Crippen LogP contribution in [0.1, 0.15) is 45.6 Å². The third-order valence-corrected chi connectivity index (χ3v) is 4.16. The normalized spacial score (nSPS) is 13.4. The summed E-state index contributed by atoms with van der Waals surface area (Å²) < 4.78 is 18.6. The van der Waals surface area contributed by atoms with Crippen LogP contribution in [-0.2, 0) is 11.2 Å². The predicted molar refractivity (Wildman–Crippen MR) is 87.5 cm³/mol. The fraction of sp³-hybridized carbons (Fsp3) is 0.647. The second-order valence-electron chi connectivity index (χ2n) is 6.09. The molecule has 1 aromatic rings. The predicted octanol–water partition coefficient (Wildman–Crippen LogP) is 4.60.